The van der Waals surface area contributed by atoms with Crippen LogP contribution in [0.3, 0.4) is 0 Å². The van der Waals surface area contributed by atoms with Gasteiger partial charge in [-0.15, -0.1) is 0 Å². The summed E-state index contributed by atoms with van der Waals surface area (Å²) in [4.78, 5) is 4.26. The fraction of sp³-hybridized carbons (Fsp3) is 0.118. The number of halogens is 2. The number of fused-ring (bicyclic) bond motifs is 1. The van der Waals surface area contributed by atoms with Gasteiger partial charge in [-0.1, -0.05) is 41.9 Å². The number of hydrogen-bond donors (Lipinski definition) is 1. The van der Waals surface area contributed by atoms with Crippen molar-refractivity contribution in [3.63, 3.8) is 0 Å². The normalized spacial score (nSPS) is 12.5. The van der Waals surface area contributed by atoms with Crippen molar-refractivity contribution in [2.45, 2.75) is 6.04 Å². The molecular formula is C17H14ClFN2. The Morgan fingerprint density at radius 1 is 1.10 bits per heavy atom. The molecule has 0 bridgehead atoms. The van der Waals surface area contributed by atoms with Crippen LogP contribution >= 0.6 is 11.6 Å². The summed E-state index contributed by atoms with van der Waals surface area (Å²) in [7, 11) is 1.79. The van der Waals surface area contributed by atoms with Crippen LogP contribution in [-0.4, -0.2) is 12.0 Å². The highest BCUT2D eigenvalue weighted by atomic mass is 35.5. The highest BCUT2D eigenvalue weighted by Crippen LogP contribution is 2.33. The number of nitrogens with zero attached hydrogens (tertiary/aromatic N) is 1. The molecule has 2 nitrogen and oxygen atoms in total. The molecule has 0 amide bonds. The summed E-state index contributed by atoms with van der Waals surface area (Å²) >= 11 is 6.20. The largest absolute Gasteiger partial charge is 0.309 e. The second-order valence-electron chi connectivity index (χ2n) is 4.81. The molecule has 0 saturated heterocycles. The van der Waals surface area contributed by atoms with Crippen LogP contribution in [0.1, 0.15) is 17.2 Å². The molecule has 106 valence electrons. The van der Waals surface area contributed by atoms with Crippen LogP contribution in [0.2, 0.25) is 5.02 Å². The third-order valence-corrected chi connectivity index (χ3v) is 3.92. The van der Waals surface area contributed by atoms with Crippen molar-refractivity contribution in [1.82, 2.24) is 10.3 Å². The zero-order valence-electron chi connectivity index (χ0n) is 11.5. The minimum Gasteiger partial charge on any atom is -0.309 e. The summed E-state index contributed by atoms with van der Waals surface area (Å²) in [5.41, 5.74) is 1.35. The summed E-state index contributed by atoms with van der Waals surface area (Å²) in [5, 5.41) is 5.60. The molecule has 2 aromatic carbocycles. The topological polar surface area (TPSA) is 24.9 Å². The van der Waals surface area contributed by atoms with E-state index in [9.17, 15) is 4.39 Å². The summed E-state index contributed by atoms with van der Waals surface area (Å²) in [6.07, 6.45) is 3.56. The van der Waals surface area contributed by atoms with Gasteiger partial charge in [0.25, 0.3) is 0 Å². The van der Waals surface area contributed by atoms with Crippen LogP contribution in [0.4, 0.5) is 4.39 Å². The van der Waals surface area contributed by atoms with E-state index >= 15 is 0 Å². The summed E-state index contributed by atoms with van der Waals surface area (Å²) < 4.78 is 14.2. The SMILES string of the molecule is CNC(c1c(F)cccc1Cl)c1cncc2ccccc12. The monoisotopic (exact) mass is 300 g/mol. The van der Waals surface area contributed by atoms with Crippen LogP contribution in [0.25, 0.3) is 10.8 Å². The highest BCUT2D eigenvalue weighted by Gasteiger charge is 2.21. The molecule has 0 aliphatic carbocycles. The minimum atomic E-state index is -0.350. The van der Waals surface area contributed by atoms with Gasteiger partial charge in [0, 0.05) is 28.4 Å². The predicted octanol–water partition coefficient (Wildman–Crippen LogP) is 4.34. The number of benzene rings is 2. The van der Waals surface area contributed by atoms with Crippen molar-refractivity contribution >= 4 is 22.4 Å². The Kier molecular flexibility index (Phi) is 3.86. The molecule has 1 N–H and O–H groups in total. The van der Waals surface area contributed by atoms with E-state index in [4.69, 9.17) is 11.6 Å². The molecule has 1 heterocycles. The molecule has 0 aliphatic rings. The van der Waals surface area contributed by atoms with Gasteiger partial charge in [0.2, 0.25) is 0 Å². The zero-order chi connectivity index (χ0) is 14.8. The quantitative estimate of drug-likeness (QED) is 0.778. The van der Waals surface area contributed by atoms with Crippen molar-refractivity contribution in [1.29, 1.82) is 0 Å². The number of rotatable bonds is 3. The highest BCUT2D eigenvalue weighted by molar-refractivity contribution is 6.31. The summed E-state index contributed by atoms with van der Waals surface area (Å²) in [6.45, 7) is 0. The first-order chi connectivity index (χ1) is 10.2. The summed E-state index contributed by atoms with van der Waals surface area (Å²) in [5.74, 6) is -0.324. The Labute approximate surface area is 127 Å². The lowest BCUT2D eigenvalue weighted by Crippen LogP contribution is -2.20. The van der Waals surface area contributed by atoms with Gasteiger partial charge in [-0.3, -0.25) is 4.98 Å². The molecule has 0 spiro atoms. The maximum Gasteiger partial charge on any atom is 0.129 e. The first-order valence-electron chi connectivity index (χ1n) is 6.66. The van der Waals surface area contributed by atoms with Gasteiger partial charge >= 0.3 is 0 Å². The van der Waals surface area contributed by atoms with E-state index in [1.54, 1.807) is 31.6 Å². The standard InChI is InChI=1S/C17H14ClFN2/c1-20-17(16-14(18)7-4-8-15(16)19)13-10-21-9-11-5-2-3-6-12(11)13/h2-10,17,20H,1H3. The third-order valence-electron chi connectivity index (χ3n) is 3.59. The van der Waals surface area contributed by atoms with Crippen molar-refractivity contribution < 1.29 is 4.39 Å². The van der Waals surface area contributed by atoms with Gasteiger partial charge in [0.1, 0.15) is 5.82 Å². The molecule has 1 aromatic heterocycles. The molecule has 0 saturated carbocycles. The van der Waals surface area contributed by atoms with Crippen molar-refractivity contribution in [2.24, 2.45) is 0 Å². The molecule has 3 rings (SSSR count). The first-order valence-corrected chi connectivity index (χ1v) is 7.04. The lowest BCUT2D eigenvalue weighted by atomic mass is 9.95. The minimum absolute atomic E-state index is 0.324. The molecule has 1 unspecified atom stereocenters. The van der Waals surface area contributed by atoms with E-state index in [2.05, 4.69) is 10.3 Å². The van der Waals surface area contributed by atoms with Crippen LogP contribution in [-0.2, 0) is 0 Å². The van der Waals surface area contributed by atoms with Crippen LogP contribution in [0.5, 0.6) is 0 Å². The third kappa shape index (κ3) is 2.50. The van der Waals surface area contributed by atoms with E-state index < -0.39 is 0 Å². The van der Waals surface area contributed by atoms with Crippen LogP contribution < -0.4 is 5.32 Å². The first kappa shape index (κ1) is 14.0. The Balaban J connectivity index is 2.24. The molecule has 3 aromatic rings. The van der Waals surface area contributed by atoms with Gasteiger partial charge in [-0.2, -0.15) is 0 Å². The van der Waals surface area contributed by atoms with Gasteiger partial charge in [-0.25, -0.2) is 4.39 Å². The van der Waals surface area contributed by atoms with Crippen LogP contribution in [0, 0.1) is 5.82 Å². The number of aromatic nitrogens is 1. The molecule has 4 heteroatoms. The Bertz CT molecular complexity index is 763. The second-order valence-corrected chi connectivity index (χ2v) is 5.21. The molecule has 21 heavy (non-hydrogen) atoms. The van der Waals surface area contributed by atoms with Gasteiger partial charge in [0.15, 0.2) is 0 Å². The Morgan fingerprint density at radius 3 is 2.67 bits per heavy atom. The number of hydrogen-bond acceptors (Lipinski definition) is 2. The zero-order valence-corrected chi connectivity index (χ0v) is 12.2. The fourth-order valence-corrected chi connectivity index (χ4v) is 2.88. The maximum absolute atomic E-state index is 14.2. The van der Waals surface area contributed by atoms with E-state index in [0.717, 1.165) is 16.3 Å². The molecule has 0 aliphatic heterocycles. The maximum atomic E-state index is 14.2. The average molecular weight is 301 g/mol. The lowest BCUT2D eigenvalue weighted by molar-refractivity contribution is 0.577. The Hall–Kier alpha value is -1.97. The van der Waals surface area contributed by atoms with E-state index in [-0.39, 0.29) is 11.9 Å². The second kappa shape index (κ2) is 5.80. The Morgan fingerprint density at radius 2 is 1.90 bits per heavy atom. The summed E-state index contributed by atoms with van der Waals surface area (Å²) in [6, 6.07) is 12.3. The van der Waals surface area contributed by atoms with Gasteiger partial charge in [-0.05, 0) is 30.1 Å². The van der Waals surface area contributed by atoms with E-state index in [0.29, 0.717) is 10.6 Å². The van der Waals surface area contributed by atoms with Crippen molar-refractivity contribution in [2.75, 3.05) is 7.05 Å². The average Bonchev–Trinajstić information content (AvgIpc) is 2.51. The van der Waals surface area contributed by atoms with Crippen molar-refractivity contribution in [3.05, 3.63) is 76.8 Å². The van der Waals surface area contributed by atoms with Gasteiger partial charge in [0.05, 0.1) is 6.04 Å². The molecular weight excluding hydrogens is 287 g/mol. The van der Waals surface area contributed by atoms with Crippen LogP contribution in [0.15, 0.2) is 54.9 Å². The predicted molar refractivity (Wildman–Crippen MR) is 84.1 cm³/mol. The molecule has 1 atom stereocenters. The number of nitrogens with one attached hydrogen (secondary N) is 1. The fourth-order valence-electron chi connectivity index (χ4n) is 2.61. The molecule has 0 fully saturated rings. The number of pyridine rings is 1. The van der Waals surface area contributed by atoms with E-state index in [1.165, 1.54) is 6.07 Å². The smallest absolute Gasteiger partial charge is 0.129 e. The lowest BCUT2D eigenvalue weighted by Gasteiger charge is -2.20. The van der Waals surface area contributed by atoms with Crippen molar-refractivity contribution in [3.8, 4) is 0 Å². The van der Waals surface area contributed by atoms with Gasteiger partial charge < -0.3 is 5.32 Å². The van der Waals surface area contributed by atoms with E-state index in [1.807, 2.05) is 24.3 Å². The molecule has 0 radical (unpaired) electrons.